The quantitative estimate of drug-likeness (QED) is 0.0818. The van der Waals surface area contributed by atoms with E-state index in [1.807, 2.05) is 0 Å². The first kappa shape index (κ1) is 35.2. The smallest absolute Gasteiger partial charge is 0.511 e. The third-order valence-electron chi connectivity index (χ3n) is 3.65. The molecule has 2 radical (unpaired) electrons. The lowest BCUT2D eigenvalue weighted by Gasteiger charge is -2.22. The zero-order valence-corrected chi connectivity index (χ0v) is 23.1. The van der Waals surface area contributed by atoms with Crippen LogP contribution >= 0.6 is 8.38 Å². The minimum Gasteiger partial charge on any atom is -0.543 e. The fourth-order valence-electron chi connectivity index (χ4n) is 2.16. The van der Waals surface area contributed by atoms with E-state index in [1.54, 1.807) is 41.5 Å². The van der Waals surface area contributed by atoms with Crippen LogP contribution in [-0.4, -0.2) is 83.3 Å². The lowest BCUT2D eigenvalue weighted by atomic mass is 10.1. The molecular weight excluding hydrogens is 534 g/mol. The molecule has 0 rings (SSSR count). The fourth-order valence-corrected chi connectivity index (χ4v) is 3.47. The highest BCUT2D eigenvalue weighted by atomic mass is 31.2. The summed E-state index contributed by atoms with van der Waals surface area (Å²) in [6, 6.07) is 0. The van der Waals surface area contributed by atoms with Gasteiger partial charge in [-0.2, -0.15) is 0 Å². The standard InChI is InChI=1S/C21H34BO15P/c1-13(2)34-19(25)29-10-28-18(24)16(7-8-17(23)37-22)9-38(32-11-30-20(26)35-14(3)4)33-12-31-21(27)36-15(5)6/h13-16H,7-12H2,1-6H3. The van der Waals surface area contributed by atoms with Crippen molar-refractivity contribution in [2.24, 2.45) is 5.92 Å². The molecule has 0 aromatic carbocycles. The summed E-state index contributed by atoms with van der Waals surface area (Å²) in [4.78, 5) is 58.8. The van der Waals surface area contributed by atoms with Crippen molar-refractivity contribution in [3.63, 3.8) is 0 Å². The Morgan fingerprint density at radius 1 is 0.658 bits per heavy atom. The van der Waals surface area contributed by atoms with Crippen LogP contribution in [0.1, 0.15) is 54.4 Å². The van der Waals surface area contributed by atoms with Crippen molar-refractivity contribution in [1.82, 2.24) is 0 Å². The maximum Gasteiger partial charge on any atom is 0.511 e. The molecule has 216 valence electrons. The van der Waals surface area contributed by atoms with Crippen molar-refractivity contribution >= 4 is 46.8 Å². The monoisotopic (exact) mass is 568 g/mol. The number of hydrogen-bond donors (Lipinski definition) is 0. The summed E-state index contributed by atoms with van der Waals surface area (Å²) in [6.07, 6.45) is -5.07. The third-order valence-corrected chi connectivity index (χ3v) is 5.18. The summed E-state index contributed by atoms with van der Waals surface area (Å²) in [5, 5.41) is 0. The SMILES string of the molecule is [B]OC(=O)CCC(CP(OCOC(=O)OC(C)C)OCOC(=O)OC(C)C)C(=O)OCOC(=O)OC(C)C. The van der Waals surface area contributed by atoms with E-state index >= 15 is 0 Å². The summed E-state index contributed by atoms with van der Waals surface area (Å²) in [6.45, 7) is 7.61. The van der Waals surface area contributed by atoms with Gasteiger partial charge in [-0.1, -0.05) is 0 Å². The normalized spacial score (nSPS) is 11.6. The second-order valence-corrected chi connectivity index (χ2v) is 9.55. The van der Waals surface area contributed by atoms with Crippen LogP contribution in [0.4, 0.5) is 14.4 Å². The van der Waals surface area contributed by atoms with Gasteiger partial charge in [0.1, 0.15) is 0 Å². The molecule has 0 fully saturated rings. The Morgan fingerprint density at radius 2 is 1.08 bits per heavy atom. The highest BCUT2D eigenvalue weighted by molar-refractivity contribution is 7.47. The van der Waals surface area contributed by atoms with Crippen molar-refractivity contribution < 1.29 is 70.8 Å². The zero-order chi connectivity index (χ0) is 29.1. The summed E-state index contributed by atoms with van der Waals surface area (Å²) < 4.78 is 48.4. The second-order valence-electron chi connectivity index (χ2n) is 8.00. The van der Waals surface area contributed by atoms with Crippen molar-refractivity contribution in [2.45, 2.75) is 72.7 Å². The number of rotatable bonds is 17. The maximum atomic E-state index is 12.6. The Bertz CT molecular complexity index is 718. The van der Waals surface area contributed by atoms with E-state index < -0.39 is 83.4 Å². The van der Waals surface area contributed by atoms with E-state index in [0.717, 1.165) is 0 Å². The largest absolute Gasteiger partial charge is 0.543 e. The van der Waals surface area contributed by atoms with Crippen LogP contribution in [0.15, 0.2) is 0 Å². The van der Waals surface area contributed by atoms with Gasteiger partial charge in [0.2, 0.25) is 20.4 Å². The Kier molecular flexibility index (Phi) is 18.7. The van der Waals surface area contributed by atoms with Crippen LogP contribution < -0.4 is 0 Å². The highest BCUT2D eigenvalue weighted by Crippen LogP contribution is 2.41. The molecule has 15 nitrogen and oxygen atoms in total. The number of ether oxygens (including phenoxy) is 7. The van der Waals surface area contributed by atoms with Gasteiger partial charge in [0.15, 0.2) is 8.38 Å². The van der Waals surface area contributed by atoms with Gasteiger partial charge in [-0.3, -0.25) is 18.6 Å². The predicted octanol–water partition coefficient (Wildman–Crippen LogP) is 3.46. The van der Waals surface area contributed by atoms with Crippen molar-refractivity contribution in [1.29, 1.82) is 0 Å². The topological polar surface area (TPSA) is 178 Å². The summed E-state index contributed by atoms with van der Waals surface area (Å²) >= 11 is 0. The van der Waals surface area contributed by atoms with E-state index in [0.29, 0.717) is 0 Å². The molecule has 0 saturated heterocycles. The molecule has 0 amide bonds. The number of carbonyl (C=O) groups excluding carboxylic acids is 5. The second kappa shape index (κ2) is 20.2. The van der Waals surface area contributed by atoms with E-state index in [-0.39, 0.29) is 19.0 Å². The molecule has 0 N–H and O–H groups in total. The summed E-state index contributed by atoms with van der Waals surface area (Å²) in [5.41, 5.74) is 0. The molecule has 0 aromatic heterocycles. The van der Waals surface area contributed by atoms with Gasteiger partial charge in [0.05, 0.1) is 24.2 Å². The number of hydrogen-bond acceptors (Lipinski definition) is 15. The van der Waals surface area contributed by atoms with Crippen molar-refractivity contribution in [3.05, 3.63) is 0 Å². The van der Waals surface area contributed by atoms with Gasteiger partial charge in [-0.15, -0.1) is 0 Å². The van der Waals surface area contributed by atoms with Crippen molar-refractivity contribution in [2.75, 3.05) is 26.5 Å². The maximum absolute atomic E-state index is 12.6. The molecule has 1 atom stereocenters. The first-order chi connectivity index (χ1) is 17.8. The molecule has 0 spiro atoms. The Hall–Kier alpha value is -2.84. The number of esters is 1. The van der Waals surface area contributed by atoms with Crippen LogP contribution in [0, 0.1) is 5.92 Å². The van der Waals surface area contributed by atoms with Crippen LogP contribution in [0.3, 0.4) is 0 Å². The Labute approximate surface area is 223 Å². The van der Waals surface area contributed by atoms with Crippen LogP contribution in [0.25, 0.3) is 0 Å². The summed E-state index contributed by atoms with van der Waals surface area (Å²) in [5.74, 6) is -2.78. The van der Waals surface area contributed by atoms with Gasteiger partial charge in [-0.25, -0.2) is 14.4 Å². The molecule has 1 unspecified atom stereocenters. The Balaban J connectivity index is 5.25. The molecule has 0 bridgehead atoms. The Morgan fingerprint density at radius 3 is 1.47 bits per heavy atom. The van der Waals surface area contributed by atoms with Gasteiger partial charge in [0.25, 0.3) is 5.97 Å². The summed E-state index contributed by atoms with van der Waals surface area (Å²) in [7, 11) is 2.75. The van der Waals surface area contributed by atoms with E-state index in [9.17, 15) is 24.0 Å². The molecule has 17 heteroatoms. The minimum absolute atomic E-state index is 0.136. The van der Waals surface area contributed by atoms with E-state index in [2.05, 4.69) is 9.39 Å². The first-order valence-electron chi connectivity index (χ1n) is 11.4. The van der Waals surface area contributed by atoms with Gasteiger partial charge < -0.3 is 37.8 Å². The van der Waals surface area contributed by atoms with Crippen LogP contribution in [0.2, 0.25) is 0 Å². The highest BCUT2D eigenvalue weighted by Gasteiger charge is 2.28. The van der Waals surface area contributed by atoms with Gasteiger partial charge in [-0.05, 0) is 48.0 Å². The first-order valence-corrected chi connectivity index (χ1v) is 12.8. The molecular formula is C21H34BO15P. The third kappa shape index (κ3) is 19.3. The molecule has 38 heavy (non-hydrogen) atoms. The fraction of sp³-hybridized carbons (Fsp3) is 0.762. The minimum atomic E-state index is -2.09. The van der Waals surface area contributed by atoms with Crippen LogP contribution in [-0.2, 0) is 56.4 Å². The predicted molar refractivity (Wildman–Crippen MR) is 127 cm³/mol. The molecule has 0 aliphatic heterocycles. The van der Waals surface area contributed by atoms with Crippen molar-refractivity contribution in [3.8, 4) is 0 Å². The molecule has 0 aliphatic carbocycles. The van der Waals surface area contributed by atoms with Gasteiger partial charge >= 0.3 is 32.5 Å². The molecule has 0 aliphatic rings. The molecule has 0 aromatic rings. The average molecular weight is 568 g/mol. The van der Waals surface area contributed by atoms with Crippen LogP contribution in [0.5, 0.6) is 0 Å². The van der Waals surface area contributed by atoms with Gasteiger partial charge in [0, 0.05) is 12.6 Å². The van der Waals surface area contributed by atoms with E-state index in [1.165, 1.54) is 0 Å². The number of carbonyl (C=O) groups is 5. The zero-order valence-electron chi connectivity index (χ0n) is 22.2. The average Bonchev–Trinajstić information content (AvgIpc) is 2.79. The molecule has 0 heterocycles. The van der Waals surface area contributed by atoms with E-state index in [4.69, 9.17) is 45.5 Å². The lowest BCUT2D eigenvalue weighted by molar-refractivity contribution is -0.158. The molecule has 0 saturated carbocycles. The lowest BCUT2D eigenvalue weighted by Crippen LogP contribution is -2.25.